The van der Waals surface area contributed by atoms with E-state index in [2.05, 4.69) is 9.88 Å². The highest BCUT2D eigenvalue weighted by Crippen LogP contribution is 2.23. The van der Waals surface area contributed by atoms with E-state index in [1.54, 1.807) is 23.5 Å². The van der Waals surface area contributed by atoms with E-state index in [1.165, 1.54) is 16.9 Å². The lowest BCUT2D eigenvalue weighted by Gasteiger charge is -2.14. The lowest BCUT2D eigenvalue weighted by molar-refractivity contribution is 0.0697. The fraction of sp³-hybridized carbons (Fsp3) is 0.375. The fourth-order valence-corrected chi connectivity index (χ4v) is 3.52. The van der Waals surface area contributed by atoms with Crippen LogP contribution in [0.3, 0.4) is 0 Å². The SMILES string of the molecule is O=C(O)c1ccc(CC2CCN(Cc3cncs3)C2)cc1. The van der Waals surface area contributed by atoms with Gasteiger partial charge in [-0.05, 0) is 43.0 Å². The van der Waals surface area contributed by atoms with Gasteiger partial charge in [0.05, 0.1) is 11.1 Å². The lowest BCUT2D eigenvalue weighted by Crippen LogP contribution is -2.20. The molecule has 1 atom stereocenters. The first-order valence-corrected chi connectivity index (χ1v) is 8.00. The smallest absolute Gasteiger partial charge is 0.335 e. The summed E-state index contributed by atoms with van der Waals surface area (Å²) in [5.74, 6) is -0.202. The Balaban J connectivity index is 1.53. The molecule has 1 unspecified atom stereocenters. The molecule has 5 heteroatoms. The van der Waals surface area contributed by atoms with Crippen molar-refractivity contribution in [1.82, 2.24) is 9.88 Å². The molecule has 4 nitrogen and oxygen atoms in total. The summed E-state index contributed by atoms with van der Waals surface area (Å²) in [5, 5.41) is 8.91. The number of carboxylic acids is 1. The molecule has 1 saturated heterocycles. The monoisotopic (exact) mass is 302 g/mol. The maximum atomic E-state index is 10.8. The molecule has 0 aliphatic carbocycles. The van der Waals surface area contributed by atoms with E-state index in [0.717, 1.165) is 26.1 Å². The van der Waals surface area contributed by atoms with Crippen LogP contribution in [0.1, 0.15) is 27.2 Å². The van der Waals surface area contributed by atoms with Gasteiger partial charge in [0.15, 0.2) is 0 Å². The topological polar surface area (TPSA) is 53.4 Å². The van der Waals surface area contributed by atoms with Crippen LogP contribution < -0.4 is 0 Å². The van der Waals surface area contributed by atoms with Gasteiger partial charge in [0, 0.05) is 24.2 Å². The van der Waals surface area contributed by atoms with E-state index in [0.29, 0.717) is 11.5 Å². The van der Waals surface area contributed by atoms with Crippen molar-refractivity contribution in [3.8, 4) is 0 Å². The number of hydrogen-bond donors (Lipinski definition) is 1. The van der Waals surface area contributed by atoms with Crippen LogP contribution in [0.4, 0.5) is 0 Å². The number of benzene rings is 1. The first kappa shape index (κ1) is 14.2. The van der Waals surface area contributed by atoms with E-state index in [4.69, 9.17) is 5.11 Å². The highest BCUT2D eigenvalue weighted by atomic mass is 32.1. The number of hydrogen-bond acceptors (Lipinski definition) is 4. The minimum atomic E-state index is -0.863. The van der Waals surface area contributed by atoms with Gasteiger partial charge in [-0.25, -0.2) is 4.79 Å². The van der Waals surface area contributed by atoms with Gasteiger partial charge in [0.2, 0.25) is 0 Å². The van der Waals surface area contributed by atoms with Crippen LogP contribution in [0.2, 0.25) is 0 Å². The van der Waals surface area contributed by atoms with Crippen LogP contribution >= 0.6 is 11.3 Å². The van der Waals surface area contributed by atoms with Crippen molar-refractivity contribution in [2.24, 2.45) is 5.92 Å². The number of rotatable bonds is 5. The minimum Gasteiger partial charge on any atom is -0.478 e. The second kappa shape index (κ2) is 6.37. The third-order valence-electron chi connectivity index (χ3n) is 3.96. The zero-order valence-corrected chi connectivity index (χ0v) is 12.6. The third kappa shape index (κ3) is 3.68. The summed E-state index contributed by atoms with van der Waals surface area (Å²) >= 11 is 1.71. The van der Waals surface area contributed by atoms with Crippen LogP contribution in [0.5, 0.6) is 0 Å². The van der Waals surface area contributed by atoms with Crippen LogP contribution in [-0.2, 0) is 13.0 Å². The molecule has 1 aliphatic heterocycles. The predicted octanol–water partition coefficient (Wildman–Crippen LogP) is 2.91. The standard InChI is InChI=1S/C16H18N2O2S/c19-16(20)14-3-1-12(2-4-14)7-13-5-6-18(9-13)10-15-8-17-11-21-15/h1-4,8,11,13H,5-7,9-10H2,(H,19,20). The minimum absolute atomic E-state index is 0.358. The molecule has 1 aromatic heterocycles. The fourth-order valence-electron chi connectivity index (χ4n) is 2.88. The van der Waals surface area contributed by atoms with Crippen LogP contribution in [0.15, 0.2) is 36.0 Å². The van der Waals surface area contributed by atoms with Crippen LogP contribution in [0.25, 0.3) is 0 Å². The summed E-state index contributed by atoms with van der Waals surface area (Å²) in [4.78, 5) is 18.8. The Morgan fingerprint density at radius 2 is 2.19 bits per heavy atom. The van der Waals surface area contributed by atoms with Gasteiger partial charge >= 0.3 is 5.97 Å². The van der Waals surface area contributed by atoms with Gasteiger partial charge in [-0.1, -0.05) is 12.1 Å². The zero-order chi connectivity index (χ0) is 14.7. The van der Waals surface area contributed by atoms with Crippen molar-refractivity contribution in [2.75, 3.05) is 13.1 Å². The quantitative estimate of drug-likeness (QED) is 0.922. The Hall–Kier alpha value is -1.72. The van der Waals surface area contributed by atoms with Gasteiger partial charge in [-0.3, -0.25) is 9.88 Å². The lowest BCUT2D eigenvalue weighted by atomic mass is 9.98. The van der Waals surface area contributed by atoms with Crippen molar-refractivity contribution in [1.29, 1.82) is 0 Å². The second-order valence-electron chi connectivity index (χ2n) is 5.56. The summed E-state index contributed by atoms with van der Waals surface area (Å²) in [5.41, 5.74) is 3.47. The molecule has 21 heavy (non-hydrogen) atoms. The molecule has 1 aliphatic rings. The van der Waals surface area contributed by atoms with E-state index in [1.807, 2.05) is 23.8 Å². The Bertz CT molecular complexity index is 595. The molecule has 0 saturated carbocycles. The van der Waals surface area contributed by atoms with Gasteiger partial charge in [-0.2, -0.15) is 0 Å². The summed E-state index contributed by atoms with van der Waals surface area (Å²) in [6.45, 7) is 3.24. The van der Waals surface area contributed by atoms with Crippen molar-refractivity contribution in [3.63, 3.8) is 0 Å². The highest BCUT2D eigenvalue weighted by molar-refractivity contribution is 7.09. The van der Waals surface area contributed by atoms with E-state index in [-0.39, 0.29) is 0 Å². The molecular formula is C16H18N2O2S. The molecule has 0 amide bonds. The number of carboxylic acid groups (broad SMARTS) is 1. The van der Waals surface area contributed by atoms with Crippen LogP contribution in [0, 0.1) is 5.92 Å². The van der Waals surface area contributed by atoms with Gasteiger partial charge in [-0.15, -0.1) is 11.3 Å². The molecule has 0 spiro atoms. The molecule has 1 aromatic carbocycles. The number of thiazole rings is 1. The Morgan fingerprint density at radius 3 is 2.86 bits per heavy atom. The van der Waals surface area contributed by atoms with Crippen LogP contribution in [-0.4, -0.2) is 34.0 Å². The predicted molar refractivity (Wildman–Crippen MR) is 82.6 cm³/mol. The molecule has 0 radical (unpaired) electrons. The summed E-state index contributed by atoms with van der Waals surface area (Å²) in [7, 11) is 0. The van der Waals surface area contributed by atoms with Gasteiger partial charge < -0.3 is 5.11 Å². The largest absolute Gasteiger partial charge is 0.478 e. The summed E-state index contributed by atoms with van der Waals surface area (Å²) < 4.78 is 0. The normalized spacial score (nSPS) is 19.0. The highest BCUT2D eigenvalue weighted by Gasteiger charge is 2.23. The molecule has 1 fully saturated rings. The first-order valence-electron chi connectivity index (χ1n) is 7.12. The van der Waals surface area contributed by atoms with E-state index < -0.39 is 5.97 Å². The second-order valence-corrected chi connectivity index (χ2v) is 6.53. The maximum absolute atomic E-state index is 10.8. The van der Waals surface area contributed by atoms with Crippen molar-refractivity contribution in [2.45, 2.75) is 19.4 Å². The number of aromatic nitrogens is 1. The molecule has 2 aromatic rings. The van der Waals surface area contributed by atoms with Crippen molar-refractivity contribution >= 4 is 17.3 Å². The average molecular weight is 302 g/mol. The number of nitrogens with zero attached hydrogens (tertiary/aromatic N) is 2. The zero-order valence-electron chi connectivity index (χ0n) is 11.7. The van der Waals surface area contributed by atoms with Crippen molar-refractivity contribution in [3.05, 3.63) is 52.0 Å². The first-order chi connectivity index (χ1) is 10.2. The molecular weight excluding hydrogens is 284 g/mol. The molecule has 3 rings (SSSR count). The maximum Gasteiger partial charge on any atom is 0.335 e. The van der Waals surface area contributed by atoms with Gasteiger partial charge in [0.25, 0.3) is 0 Å². The molecule has 2 heterocycles. The number of aromatic carboxylic acids is 1. The summed E-state index contributed by atoms with van der Waals surface area (Å²) in [6, 6.07) is 7.27. The third-order valence-corrected chi connectivity index (χ3v) is 4.72. The Labute approximate surface area is 128 Å². The van der Waals surface area contributed by atoms with Crippen molar-refractivity contribution < 1.29 is 9.90 Å². The molecule has 110 valence electrons. The van der Waals surface area contributed by atoms with E-state index in [9.17, 15) is 4.79 Å². The average Bonchev–Trinajstić information content (AvgIpc) is 3.12. The number of carbonyl (C=O) groups is 1. The number of likely N-dealkylation sites (tertiary alicyclic amines) is 1. The Kier molecular flexibility index (Phi) is 4.31. The van der Waals surface area contributed by atoms with Gasteiger partial charge in [0.1, 0.15) is 0 Å². The molecule has 1 N–H and O–H groups in total. The molecule has 0 bridgehead atoms. The Morgan fingerprint density at radius 1 is 1.38 bits per heavy atom. The summed E-state index contributed by atoms with van der Waals surface area (Å²) in [6.07, 6.45) is 4.18. The van der Waals surface area contributed by atoms with E-state index >= 15 is 0 Å².